The molecule has 0 aliphatic heterocycles. The molecule has 2 nitrogen and oxygen atoms in total. The lowest BCUT2D eigenvalue weighted by atomic mass is 10.1. The molecular weight excluding hydrogens is 138 g/mol. The second kappa shape index (κ2) is 3.88. The normalized spacial score (nSPS) is 15.7. The molecule has 0 heterocycles. The predicted molar refractivity (Wildman–Crippen MR) is 47.2 cm³/mol. The number of carbonyl (C=O) groups excluding carboxylic acids is 1. The highest BCUT2D eigenvalue weighted by Crippen LogP contribution is 2.04. The topological polar surface area (TPSA) is 33.4 Å². The number of ketones is 1. The Bertz CT molecular complexity index is 218. The monoisotopic (exact) mass is 150 g/mol. The smallest absolute Gasteiger partial charge is 0.316 e. The predicted octanol–water partition coefficient (Wildman–Crippen LogP) is 0.803. The van der Waals surface area contributed by atoms with Gasteiger partial charge in [0.15, 0.2) is 0 Å². The summed E-state index contributed by atoms with van der Waals surface area (Å²) in [5.41, 5.74) is 1.12. The van der Waals surface area contributed by atoms with Crippen LogP contribution in [0.15, 0.2) is 36.0 Å². The minimum absolute atomic E-state index is 0.312. The fraction of sp³-hybridized carbons (Fsp3) is 0.222. The van der Waals surface area contributed by atoms with Crippen LogP contribution in [-0.4, -0.2) is 24.2 Å². The van der Waals surface area contributed by atoms with E-state index in [0.717, 1.165) is 12.1 Å². The third kappa shape index (κ3) is 2.51. The highest BCUT2D eigenvalue weighted by atomic mass is 16.1. The first-order chi connectivity index (χ1) is 5.33. The molecule has 11 heavy (non-hydrogen) atoms. The molecule has 1 rings (SSSR count). The molecule has 0 amide bonds. The Morgan fingerprint density at radius 3 is 2.55 bits per heavy atom. The Balaban J connectivity index is 2.57. The molecule has 0 saturated heterocycles. The molecule has 0 aromatic carbocycles. The van der Waals surface area contributed by atoms with Gasteiger partial charge >= 0.3 is 5.78 Å². The Labute approximate surface area is 66.3 Å². The molecule has 0 aromatic rings. The second-order valence-corrected chi connectivity index (χ2v) is 2.35. The molecular formula is C9H12NO+. The van der Waals surface area contributed by atoms with E-state index in [-0.39, 0.29) is 0 Å². The SMILES string of the molecule is CNCC=C1C=CC(=[OH+])C=C1. The van der Waals surface area contributed by atoms with Gasteiger partial charge < -0.3 is 5.32 Å². The van der Waals surface area contributed by atoms with Gasteiger partial charge in [0.05, 0.1) is 0 Å². The lowest BCUT2D eigenvalue weighted by Crippen LogP contribution is -2.05. The number of nitrogens with one attached hydrogen (secondary N) is 1. The molecule has 0 unspecified atom stereocenters. The molecule has 0 atom stereocenters. The molecule has 0 aromatic heterocycles. The van der Waals surface area contributed by atoms with Gasteiger partial charge in [-0.3, -0.25) is 4.79 Å². The number of likely N-dealkylation sites (N-methyl/N-ethyl adjacent to an activating group) is 1. The Kier molecular flexibility index (Phi) is 2.81. The molecule has 58 valence electrons. The standard InChI is InChI=1S/C9H11NO/c1-10-7-6-8-2-4-9(11)5-3-8/h2-6,10H,7H2,1H3/p+1. The van der Waals surface area contributed by atoms with Crippen molar-refractivity contribution in [2.24, 2.45) is 0 Å². The van der Waals surface area contributed by atoms with Crippen molar-refractivity contribution in [2.75, 3.05) is 13.6 Å². The van der Waals surface area contributed by atoms with Crippen LogP contribution in [0.5, 0.6) is 0 Å². The molecule has 1 aliphatic rings. The molecule has 1 aliphatic carbocycles. The van der Waals surface area contributed by atoms with Gasteiger partial charge in [-0.15, -0.1) is 0 Å². The lowest BCUT2D eigenvalue weighted by Gasteiger charge is -1.96. The van der Waals surface area contributed by atoms with Crippen molar-refractivity contribution in [1.29, 1.82) is 0 Å². The highest BCUT2D eigenvalue weighted by molar-refractivity contribution is 6.02. The van der Waals surface area contributed by atoms with Crippen LogP contribution in [0.3, 0.4) is 0 Å². The number of allylic oxidation sites excluding steroid dienone is 5. The van der Waals surface area contributed by atoms with Gasteiger partial charge in [-0.1, -0.05) is 6.08 Å². The van der Waals surface area contributed by atoms with Crippen LogP contribution in [0.4, 0.5) is 0 Å². The zero-order valence-corrected chi connectivity index (χ0v) is 6.54. The third-order valence-corrected chi connectivity index (χ3v) is 1.43. The zero-order chi connectivity index (χ0) is 8.10. The lowest BCUT2D eigenvalue weighted by molar-refractivity contribution is 0.683. The van der Waals surface area contributed by atoms with Crippen molar-refractivity contribution in [2.45, 2.75) is 0 Å². The van der Waals surface area contributed by atoms with Crippen molar-refractivity contribution < 1.29 is 4.79 Å². The molecule has 0 fully saturated rings. The number of hydrogen-bond donors (Lipinski definition) is 1. The molecule has 2 N–H and O–H groups in total. The summed E-state index contributed by atoms with van der Waals surface area (Å²) in [6.07, 6.45) is 9.18. The average Bonchev–Trinajstić information content (AvgIpc) is 2.04. The molecule has 0 saturated carbocycles. The van der Waals surface area contributed by atoms with Crippen molar-refractivity contribution in [3.05, 3.63) is 36.0 Å². The summed E-state index contributed by atoms with van der Waals surface area (Å²) in [4.78, 5) is 8.95. The molecule has 2 heteroatoms. The first-order valence-corrected chi connectivity index (χ1v) is 3.60. The molecule has 0 spiro atoms. The van der Waals surface area contributed by atoms with E-state index in [2.05, 4.69) is 11.4 Å². The van der Waals surface area contributed by atoms with Crippen molar-refractivity contribution in [3.63, 3.8) is 0 Å². The van der Waals surface area contributed by atoms with E-state index in [1.54, 1.807) is 12.2 Å². The molecule has 0 bridgehead atoms. The van der Waals surface area contributed by atoms with Gasteiger partial charge in [0, 0.05) is 18.7 Å². The quantitative estimate of drug-likeness (QED) is 0.580. The maximum absolute atomic E-state index is 8.95. The first kappa shape index (κ1) is 7.95. The second-order valence-electron chi connectivity index (χ2n) is 2.35. The minimum Gasteiger partial charge on any atom is -0.316 e. The van der Waals surface area contributed by atoms with Crippen LogP contribution in [0.25, 0.3) is 0 Å². The summed E-state index contributed by atoms with van der Waals surface area (Å²) in [5, 5.41) is 3.01. The van der Waals surface area contributed by atoms with E-state index < -0.39 is 0 Å². The van der Waals surface area contributed by atoms with Gasteiger partial charge in [0.1, 0.15) is 0 Å². The summed E-state index contributed by atoms with van der Waals surface area (Å²) in [6.45, 7) is 0.852. The fourth-order valence-electron chi connectivity index (χ4n) is 0.830. The summed E-state index contributed by atoms with van der Waals surface area (Å²) >= 11 is 0. The van der Waals surface area contributed by atoms with Gasteiger partial charge in [-0.25, -0.2) is 0 Å². The van der Waals surface area contributed by atoms with Crippen molar-refractivity contribution >= 4 is 5.78 Å². The van der Waals surface area contributed by atoms with Gasteiger partial charge in [-0.2, -0.15) is 0 Å². The summed E-state index contributed by atoms with van der Waals surface area (Å²) in [5.74, 6) is 0.312. The van der Waals surface area contributed by atoms with Gasteiger partial charge in [-0.05, 0) is 24.8 Å². The van der Waals surface area contributed by atoms with Crippen LogP contribution in [0, 0.1) is 0 Å². The summed E-state index contributed by atoms with van der Waals surface area (Å²) in [7, 11) is 1.90. The van der Waals surface area contributed by atoms with E-state index in [4.69, 9.17) is 4.79 Å². The van der Waals surface area contributed by atoms with Crippen LogP contribution in [-0.2, 0) is 0 Å². The van der Waals surface area contributed by atoms with E-state index >= 15 is 0 Å². The number of rotatable bonds is 2. The number of hydrogen-bond acceptors (Lipinski definition) is 1. The Morgan fingerprint density at radius 2 is 2.00 bits per heavy atom. The van der Waals surface area contributed by atoms with Gasteiger partial charge in [0.2, 0.25) is 0 Å². The largest absolute Gasteiger partial charge is 0.340 e. The van der Waals surface area contributed by atoms with E-state index in [1.807, 2.05) is 19.2 Å². The summed E-state index contributed by atoms with van der Waals surface area (Å²) in [6, 6.07) is 0. The third-order valence-electron chi connectivity index (χ3n) is 1.43. The highest BCUT2D eigenvalue weighted by Gasteiger charge is 2.01. The molecule has 0 radical (unpaired) electrons. The van der Waals surface area contributed by atoms with Crippen LogP contribution >= 0.6 is 0 Å². The summed E-state index contributed by atoms with van der Waals surface area (Å²) < 4.78 is 0. The zero-order valence-electron chi connectivity index (χ0n) is 6.54. The van der Waals surface area contributed by atoms with Crippen molar-refractivity contribution in [1.82, 2.24) is 5.32 Å². The maximum atomic E-state index is 8.95. The van der Waals surface area contributed by atoms with Crippen LogP contribution < -0.4 is 5.32 Å². The van der Waals surface area contributed by atoms with E-state index in [9.17, 15) is 0 Å². The fourth-order valence-corrected chi connectivity index (χ4v) is 0.830. The maximum Gasteiger partial charge on any atom is 0.340 e. The van der Waals surface area contributed by atoms with Gasteiger partial charge in [0.25, 0.3) is 0 Å². The average molecular weight is 150 g/mol. The van der Waals surface area contributed by atoms with Crippen LogP contribution in [0.1, 0.15) is 0 Å². The van der Waals surface area contributed by atoms with E-state index in [1.165, 1.54) is 0 Å². The van der Waals surface area contributed by atoms with Crippen molar-refractivity contribution in [3.8, 4) is 0 Å². The van der Waals surface area contributed by atoms with E-state index in [0.29, 0.717) is 5.78 Å². The Hall–Kier alpha value is -1.15. The van der Waals surface area contributed by atoms with Crippen LogP contribution in [0.2, 0.25) is 0 Å². The first-order valence-electron chi connectivity index (χ1n) is 3.60. The Morgan fingerprint density at radius 1 is 1.36 bits per heavy atom. The minimum atomic E-state index is 0.312.